The second-order valence-electron chi connectivity index (χ2n) is 7.79. The molecular weight excluding hydrogens is 454 g/mol. The zero-order valence-electron chi connectivity index (χ0n) is 18.6. The Kier molecular flexibility index (Phi) is 7.66. The molecule has 0 saturated heterocycles. The molecule has 0 spiro atoms. The lowest BCUT2D eigenvalue weighted by atomic mass is 10.1. The lowest BCUT2D eigenvalue weighted by molar-refractivity contribution is -0.117. The van der Waals surface area contributed by atoms with Crippen molar-refractivity contribution in [1.82, 2.24) is 9.21 Å². The van der Waals surface area contributed by atoms with Gasteiger partial charge in [-0.15, -0.1) is 0 Å². The third-order valence-corrected chi connectivity index (χ3v) is 7.54. The molecule has 1 N–H and O–H groups in total. The molecule has 0 aliphatic heterocycles. The molecule has 2 aromatic rings. The Morgan fingerprint density at radius 2 is 1.84 bits per heavy atom. The Morgan fingerprint density at radius 3 is 2.44 bits per heavy atom. The fourth-order valence-electron chi connectivity index (χ4n) is 3.34. The maximum Gasteiger partial charge on any atom is 0.244 e. The number of carbonyl (C=O) groups is 1. The van der Waals surface area contributed by atoms with Gasteiger partial charge < -0.3 is 14.8 Å². The second kappa shape index (κ2) is 10.1. The topological polar surface area (TPSA) is 88.2 Å². The van der Waals surface area contributed by atoms with Crippen molar-refractivity contribution >= 4 is 33.2 Å². The van der Waals surface area contributed by atoms with E-state index in [0.717, 1.165) is 34.2 Å². The summed E-state index contributed by atoms with van der Waals surface area (Å²) in [6, 6.07) is 10.3. The highest BCUT2D eigenvalue weighted by molar-refractivity contribution is 7.89. The van der Waals surface area contributed by atoms with Crippen molar-refractivity contribution in [2.75, 3.05) is 40.2 Å². The van der Waals surface area contributed by atoms with Gasteiger partial charge in [-0.3, -0.25) is 9.69 Å². The summed E-state index contributed by atoms with van der Waals surface area (Å²) in [4.78, 5) is 14.8. The minimum Gasteiger partial charge on any atom is -0.497 e. The number of ether oxygens (including phenoxy) is 2. The molecule has 0 bridgehead atoms. The maximum absolute atomic E-state index is 12.8. The largest absolute Gasteiger partial charge is 0.497 e. The number of halogens is 1. The fraction of sp³-hybridized carbons (Fsp3) is 0.409. The average molecular weight is 482 g/mol. The molecule has 1 aliphatic rings. The van der Waals surface area contributed by atoms with Gasteiger partial charge in [-0.2, -0.15) is 0 Å². The van der Waals surface area contributed by atoms with Gasteiger partial charge in [0.05, 0.1) is 25.8 Å². The van der Waals surface area contributed by atoms with E-state index in [2.05, 4.69) is 10.2 Å². The molecule has 0 atom stereocenters. The van der Waals surface area contributed by atoms with E-state index < -0.39 is 10.0 Å². The molecular formula is C22H28ClN3O5S. The number of sulfonamides is 1. The van der Waals surface area contributed by atoms with Crippen molar-refractivity contribution in [3.63, 3.8) is 0 Å². The number of nitrogens with one attached hydrogen (secondary N) is 1. The average Bonchev–Trinajstić information content (AvgIpc) is 3.59. The van der Waals surface area contributed by atoms with Gasteiger partial charge in [0.2, 0.25) is 15.9 Å². The number of rotatable bonds is 10. The predicted molar refractivity (Wildman–Crippen MR) is 124 cm³/mol. The molecule has 0 heterocycles. The van der Waals surface area contributed by atoms with Crippen LogP contribution in [0.15, 0.2) is 41.3 Å². The van der Waals surface area contributed by atoms with Crippen molar-refractivity contribution in [2.24, 2.45) is 0 Å². The number of methoxy groups -OCH3 is 2. The van der Waals surface area contributed by atoms with Gasteiger partial charge in [0, 0.05) is 37.9 Å². The fourth-order valence-corrected chi connectivity index (χ4v) is 4.73. The van der Waals surface area contributed by atoms with Crippen molar-refractivity contribution in [1.29, 1.82) is 0 Å². The molecule has 8 nitrogen and oxygen atoms in total. The first-order valence-corrected chi connectivity index (χ1v) is 11.9. The zero-order chi connectivity index (χ0) is 23.5. The highest BCUT2D eigenvalue weighted by atomic mass is 35.5. The van der Waals surface area contributed by atoms with Gasteiger partial charge in [-0.05, 0) is 49.2 Å². The van der Waals surface area contributed by atoms with Crippen LogP contribution in [0.4, 0.5) is 5.69 Å². The van der Waals surface area contributed by atoms with E-state index in [-0.39, 0.29) is 22.4 Å². The highest BCUT2D eigenvalue weighted by Gasteiger charge is 2.31. The van der Waals surface area contributed by atoms with Crippen LogP contribution >= 0.6 is 11.6 Å². The summed E-state index contributed by atoms with van der Waals surface area (Å²) in [7, 11) is 2.34. The number of hydrogen-bond acceptors (Lipinski definition) is 6. The summed E-state index contributed by atoms with van der Waals surface area (Å²) in [5, 5.41) is 2.89. The molecule has 2 aromatic carbocycles. The van der Waals surface area contributed by atoms with E-state index in [1.54, 1.807) is 20.3 Å². The van der Waals surface area contributed by atoms with Gasteiger partial charge >= 0.3 is 0 Å². The molecule has 0 radical (unpaired) electrons. The monoisotopic (exact) mass is 481 g/mol. The van der Waals surface area contributed by atoms with Crippen LogP contribution in [0.25, 0.3) is 0 Å². The van der Waals surface area contributed by atoms with Crippen molar-refractivity contribution < 1.29 is 22.7 Å². The number of amides is 1. The van der Waals surface area contributed by atoms with E-state index in [1.165, 1.54) is 26.2 Å². The van der Waals surface area contributed by atoms with Gasteiger partial charge in [0.15, 0.2) is 0 Å². The van der Waals surface area contributed by atoms with E-state index in [9.17, 15) is 13.2 Å². The molecule has 1 saturated carbocycles. The summed E-state index contributed by atoms with van der Waals surface area (Å²) in [6.45, 7) is 0.683. The number of anilines is 1. The van der Waals surface area contributed by atoms with Crippen LogP contribution < -0.4 is 14.8 Å². The standard InChI is InChI=1S/C22H28ClN3O5S/c1-25(2)32(28,29)21-12-16(5-9-19(21)23)24-22(27)14-26(17-6-7-17)13-15-11-18(30-3)8-10-20(15)31-4/h5,8-12,17H,6-7,13-14H2,1-4H3,(H,24,27). The van der Waals surface area contributed by atoms with Crippen LogP contribution in [0.3, 0.4) is 0 Å². The maximum atomic E-state index is 12.8. The molecule has 0 aromatic heterocycles. The quantitative estimate of drug-likeness (QED) is 0.560. The van der Waals surface area contributed by atoms with Crippen molar-refractivity contribution in [3.05, 3.63) is 47.0 Å². The first-order chi connectivity index (χ1) is 15.1. The van der Waals surface area contributed by atoms with Crippen LogP contribution in [0.1, 0.15) is 18.4 Å². The lowest BCUT2D eigenvalue weighted by Crippen LogP contribution is -2.34. The first-order valence-electron chi connectivity index (χ1n) is 10.1. The summed E-state index contributed by atoms with van der Waals surface area (Å²) < 4.78 is 36.8. The van der Waals surface area contributed by atoms with Crippen LogP contribution in [0.5, 0.6) is 11.5 Å². The van der Waals surface area contributed by atoms with E-state index >= 15 is 0 Å². The molecule has 1 amide bonds. The van der Waals surface area contributed by atoms with Gasteiger partial charge in [0.25, 0.3) is 0 Å². The Balaban J connectivity index is 1.75. The Hall–Kier alpha value is -2.33. The highest BCUT2D eigenvalue weighted by Crippen LogP contribution is 2.32. The lowest BCUT2D eigenvalue weighted by Gasteiger charge is -2.23. The first kappa shape index (κ1) is 24.3. The third kappa shape index (κ3) is 5.72. The van der Waals surface area contributed by atoms with Gasteiger partial charge in [-0.1, -0.05) is 11.6 Å². The Labute approximate surface area is 194 Å². The molecule has 10 heteroatoms. The number of carbonyl (C=O) groups excluding carboxylic acids is 1. The molecule has 32 heavy (non-hydrogen) atoms. The molecule has 174 valence electrons. The summed E-state index contributed by atoms with van der Waals surface area (Å²) in [5.41, 5.74) is 1.30. The van der Waals surface area contributed by atoms with Crippen LogP contribution in [-0.2, 0) is 21.4 Å². The van der Waals surface area contributed by atoms with Gasteiger partial charge in [0.1, 0.15) is 16.4 Å². The summed E-state index contributed by atoms with van der Waals surface area (Å²) in [5.74, 6) is 1.21. The normalized spacial score (nSPS) is 14.0. The van der Waals surface area contributed by atoms with Crippen LogP contribution in [0.2, 0.25) is 5.02 Å². The second-order valence-corrected chi connectivity index (χ2v) is 10.3. The predicted octanol–water partition coefficient (Wildman–Crippen LogP) is 3.21. The molecule has 1 fully saturated rings. The molecule has 0 unspecified atom stereocenters. The third-order valence-electron chi connectivity index (χ3n) is 5.24. The minimum atomic E-state index is -3.73. The molecule has 3 rings (SSSR count). The summed E-state index contributed by atoms with van der Waals surface area (Å²) >= 11 is 6.09. The zero-order valence-corrected chi connectivity index (χ0v) is 20.2. The Bertz CT molecular complexity index is 1090. The minimum absolute atomic E-state index is 0.0536. The number of benzene rings is 2. The van der Waals surface area contributed by atoms with Crippen molar-refractivity contribution in [2.45, 2.75) is 30.3 Å². The van der Waals surface area contributed by atoms with E-state index in [1.807, 2.05) is 18.2 Å². The van der Waals surface area contributed by atoms with Crippen molar-refractivity contribution in [3.8, 4) is 11.5 Å². The number of nitrogens with zero attached hydrogens (tertiary/aromatic N) is 2. The molecule has 1 aliphatic carbocycles. The summed E-state index contributed by atoms with van der Waals surface area (Å²) in [6.07, 6.45) is 2.04. The smallest absolute Gasteiger partial charge is 0.244 e. The Morgan fingerprint density at radius 1 is 1.12 bits per heavy atom. The number of hydrogen-bond donors (Lipinski definition) is 1. The van der Waals surface area contributed by atoms with E-state index in [4.69, 9.17) is 21.1 Å². The van der Waals surface area contributed by atoms with Crippen LogP contribution in [-0.4, -0.2) is 64.4 Å². The SMILES string of the molecule is COc1ccc(OC)c(CN(CC(=O)Nc2ccc(Cl)c(S(=O)(=O)N(C)C)c2)C2CC2)c1. The van der Waals surface area contributed by atoms with E-state index in [0.29, 0.717) is 18.3 Å². The van der Waals surface area contributed by atoms with Gasteiger partial charge in [-0.25, -0.2) is 12.7 Å². The van der Waals surface area contributed by atoms with Crippen LogP contribution in [0, 0.1) is 0 Å².